The number of benzene rings is 2. The SMILES string of the molecule is Cc1cc(SCC(=O)NCc2ccccc2)n2ncc(-c3ccc(F)cc3)c2n1. The Morgan fingerprint density at radius 3 is 2.66 bits per heavy atom. The van der Waals surface area contributed by atoms with Gasteiger partial charge in [0.1, 0.15) is 10.8 Å². The molecule has 2 heterocycles. The van der Waals surface area contributed by atoms with E-state index in [1.54, 1.807) is 22.8 Å². The van der Waals surface area contributed by atoms with Crippen molar-refractivity contribution >= 4 is 23.3 Å². The Hall–Kier alpha value is -3.19. The minimum absolute atomic E-state index is 0.0487. The molecule has 0 aliphatic rings. The molecule has 4 aromatic rings. The average molecular weight is 406 g/mol. The van der Waals surface area contributed by atoms with Gasteiger partial charge in [-0.15, -0.1) is 0 Å². The number of halogens is 1. The van der Waals surface area contributed by atoms with Crippen molar-refractivity contribution < 1.29 is 9.18 Å². The third-order valence-electron chi connectivity index (χ3n) is 4.41. The van der Waals surface area contributed by atoms with E-state index in [-0.39, 0.29) is 17.5 Å². The highest BCUT2D eigenvalue weighted by Crippen LogP contribution is 2.27. The van der Waals surface area contributed by atoms with Gasteiger partial charge in [0.15, 0.2) is 5.65 Å². The molecule has 0 aliphatic heterocycles. The van der Waals surface area contributed by atoms with Crippen LogP contribution in [-0.4, -0.2) is 26.3 Å². The number of nitrogens with zero attached hydrogens (tertiary/aromatic N) is 3. The van der Waals surface area contributed by atoms with Crippen molar-refractivity contribution in [2.45, 2.75) is 18.5 Å². The molecule has 29 heavy (non-hydrogen) atoms. The molecule has 0 bridgehead atoms. The lowest BCUT2D eigenvalue weighted by molar-refractivity contribution is -0.118. The second-order valence-electron chi connectivity index (χ2n) is 6.59. The number of aromatic nitrogens is 3. The summed E-state index contributed by atoms with van der Waals surface area (Å²) in [7, 11) is 0. The lowest BCUT2D eigenvalue weighted by Gasteiger charge is -2.08. The zero-order valence-corrected chi connectivity index (χ0v) is 16.6. The number of hydrogen-bond donors (Lipinski definition) is 1. The summed E-state index contributed by atoms with van der Waals surface area (Å²) in [4.78, 5) is 16.8. The summed E-state index contributed by atoms with van der Waals surface area (Å²) >= 11 is 1.41. The fraction of sp³-hybridized carbons (Fsp3) is 0.136. The summed E-state index contributed by atoms with van der Waals surface area (Å²) < 4.78 is 15.0. The normalized spacial score (nSPS) is 11.0. The Bertz CT molecular complexity index is 1140. The fourth-order valence-electron chi connectivity index (χ4n) is 2.97. The topological polar surface area (TPSA) is 59.3 Å². The second kappa shape index (κ2) is 8.45. The van der Waals surface area contributed by atoms with Gasteiger partial charge in [-0.05, 0) is 36.2 Å². The van der Waals surface area contributed by atoms with Crippen LogP contribution in [0.15, 0.2) is 71.9 Å². The highest BCUT2D eigenvalue weighted by Gasteiger charge is 2.13. The number of carbonyl (C=O) groups is 1. The minimum Gasteiger partial charge on any atom is -0.351 e. The van der Waals surface area contributed by atoms with Crippen molar-refractivity contribution in [3.05, 3.63) is 83.9 Å². The number of thioether (sulfide) groups is 1. The maximum atomic E-state index is 13.2. The first kappa shape index (κ1) is 19.1. The molecule has 2 aromatic heterocycles. The van der Waals surface area contributed by atoms with Crippen LogP contribution in [-0.2, 0) is 11.3 Å². The number of fused-ring (bicyclic) bond motifs is 1. The first-order valence-electron chi connectivity index (χ1n) is 9.15. The maximum Gasteiger partial charge on any atom is 0.230 e. The summed E-state index contributed by atoms with van der Waals surface area (Å²) in [6.45, 7) is 2.41. The van der Waals surface area contributed by atoms with Gasteiger partial charge < -0.3 is 5.32 Å². The zero-order valence-electron chi connectivity index (χ0n) is 15.8. The third kappa shape index (κ3) is 4.46. The molecule has 5 nitrogen and oxygen atoms in total. The number of hydrogen-bond acceptors (Lipinski definition) is 4. The molecule has 2 aromatic carbocycles. The number of amides is 1. The summed E-state index contributed by atoms with van der Waals surface area (Å²) in [5.41, 5.74) is 4.24. The van der Waals surface area contributed by atoms with E-state index in [9.17, 15) is 9.18 Å². The van der Waals surface area contributed by atoms with E-state index >= 15 is 0 Å². The Morgan fingerprint density at radius 2 is 1.90 bits per heavy atom. The number of rotatable bonds is 6. The van der Waals surface area contributed by atoms with Crippen LogP contribution in [0.3, 0.4) is 0 Å². The van der Waals surface area contributed by atoms with Crippen molar-refractivity contribution in [1.29, 1.82) is 0 Å². The van der Waals surface area contributed by atoms with Crippen LogP contribution in [0, 0.1) is 12.7 Å². The molecule has 146 valence electrons. The predicted octanol–water partition coefficient (Wildman–Crippen LogP) is 4.25. The molecule has 1 amide bonds. The molecule has 0 radical (unpaired) electrons. The lowest BCUT2D eigenvalue weighted by atomic mass is 10.1. The average Bonchev–Trinajstić information content (AvgIpc) is 3.15. The minimum atomic E-state index is -0.285. The number of carbonyl (C=O) groups excluding carboxylic acids is 1. The summed E-state index contributed by atoms with van der Waals surface area (Å²) in [6, 6.07) is 18.0. The predicted molar refractivity (Wildman–Crippen MR) is 112 cm³/mol. The van der Waals surface area contributed by atoms with Gasteiger partial charge in [-0.2, -0.15) is 5.10 Å². The van der Waals surface area contributed by atoms with Crippen molar-refractivity contribution in [1.82, 2.24) is 19.9 Å². The number of nitrogens with one attached hydrogen (secondary N) is 1. The standard InChI is InChI=1S/C22H19FN4OS/c1-15-11-21(29-14-20(28)24-12-16-5-3-2-4-6-16)27-22(26-15)19(13-25-27)17-7-9-18(23)10-8-17/h2-11,13H,12,14H2,1H3,(H,24,28). The van der Waals surface area contributed by atoms with E-state index in [4.69, 9.17) is 0 Å². The molecule has 0 unspecified atom stereocenters. The van der Waals surface area contributed by atoms with Crippen LogP contribution >= 0.6 is 11.8 Å². The van der Waals surface area contributed by atoms with E-state index in [1.807, 2.05) is 43.3 Å². The van der Waals surface area contributed by atoms with Gasteiger partial charge in [0.2, 0.25) is 5.91 Å². The van der Waals surface area contributed by atoms with Crippen molar-refractivity contribution in [3.63, 3.8) is 0 Å². The van der Waals surface area contributed by atoms with Crippen LogP contribution in [0.5, 0.6) is 0 Å². The summed E-state index contributed by atoms with van der Waals surface area (Å²) in [5.74, 6) is -0.0589. The van der Waals surface area contributed by atoms with Gasteiger partial charge in [0.05, 0.1) is 11.9 Å². The molecular weight excluding hydrogens is 387 g/mol. The van der Waals surface area contributed by atoms with Gasteiger partial charge in [-0.3, -0.25) is 4.79 Å². The molecule has 0 aliphatic carbocycles. The third-order valence-corrected chi connectivity index (χ3v) is 5.40. The first-order valence-corrected chi connectivity index (χ1v) is 10.1. The van der Waals surface area contributed by atoms with Gasteiger partial charge in [-0.25, -0.2) is 13.9 Å². The van der Waals surface area contributed by atoms with Gasteiger partial charge in [0, 0.05) is 17.8 Å². The van der Waals surface area contributed by atoms with Crippen molar-refractivity contribution in [2.24, 2.45) is 0 Å². The monoisotopic (exact) mass is 406 g/mol. The largest absolute Gasteiger partial charge is 0.351 e. The van der Waals surface area contributed by atoms with E-state index in [1.165, 1.54) is 23.9 Å². The highest BCUT2D eigenvalue weighted by atomic mass is 32.2. The van der Waals surface area contributed by atoms with E-state index in [2.05, 4.69) is 15.4 Å². The van der Waals surface area contributed by atoms with Crippen LogP contribution in [0.1, 0.15) is 11.3 Å². The van der Waals surface area contributed by atoms with Crippen molar-refractivity contribution in [3.8, 4) is 11.1 Å². The molecule has 0 atom stereocenters. The summed E-state index contributed by atoms with van der Waals surface area (Å²) in [6.07, 6.45) is 1.72. The highest BCUT2D eigenvalue weighted by molar-refractivity contribution is 7.99. The van der Waals surface area contributed by atoms with E-state index < -0.39 is 0 Å². The molecule has 4 rings (SSSR count). The van der Waals surface area contributed by atoms with E-state index in [0.29, 0.717) is 12.2 Å². The Labute approximate surface area is 172 Å². The Kier molecular flexibility index (Phi) is 5.57. The Balaban J connectivity index is 1.50. The second-order valence-corrected chi connectivity index (χ2v) is 7.58. The van der Waals surface area contributed by atoms with Gasteiger partial charge in [0.25, 0.3) is 0 Å². The molecular formula is C22H19FN4OS. The molecule has 0 fully saturated rings. The molecule has 0 saturated carbocycles. The molecule has 1 N–H and O–H groups in total. The van der Waals surface area contributed by atoms with Crippen LogP contribution < -0.4 is 5.32 Å². The fourth-order valence-corrected chi connectivity index (χ4v) is 3.86. The van der Waals surface area contributed by atoms with Crippen LogP contribution in [0.2, 0.25) is 0 Å². The summed E-state index contributed by atoms with van der Waals surface area (Å²) in [5, 5.41) is 8.19. The van der Waals surface area contributed by atoms with E-state index in [0.717, 1.165) is 27.4 Å². The van der Waals surface area contributed by atoms with Crippen LogP contribution in [0.25, 0.3) is 16.8 Å². The van der Waals surface area contributed by atoms with Gasteiger partial charge >= 0.3 is 0 Å². The van der Waals surface area contributed by atoms with Gasteiger partial charge in [-0.1, -0.05) is 54.2 Å². The van der Waals surface area contributed by atoms with Crippen LogP contribution in [0.4, 0.5) is 4.39 Å². The van der Waals surface area contributed by atoms with Crippen molar-refractivity contribution in [2.75, 3.05) is 5.75 Å². The Morgan fingerprint density at radius 1 is 1.14 bits per heavy atom. The molecule has 0 spiro atoms. The number of aryl methyl sites for hydroxylation is 1. The smallest absolute Gasteiger partial charge is 0.230 e. The molecule has 7 heteroatoms. The lowest BCUT2D eigenvalue weighted by Crippen LogP contribution is -2.24. The zero-order chi connectivity index (χ0) is 20.2. The maximum absolute atomic E-state index is 13.2. The molecule has 0 saturated heterocycles. The quantitative estimate of drug-likeness (QED) is 0.384. The first-order chi connectivity index (χ1) is 14.1.